The van der Waals surface area contributed by atoms with Crippen molar-refractivity contribution in [3.63, 3.8) is 0 Å². The Morgan fingerprint density at radius 3 is 2.50 bits per heavy atom. The number of nitro groups is 1. The third kappa shape index (κ3) is 3.92. The number of anilines is 2. The average Bonchev–Trinajstić information content (AvgIpc) is 2.68. The van der Waals surface area contributed by atoms with Gasteiger partial charge in [-0.25, -0.2) is 0 Å². The maximum Gasteiger partial charge on any atom is 0.271 e. The Labute approximate surface area is 150 Å². The van der Waals surface area contributed by atoms with Crippen molar-refractivity contribution in [2.24, 2.45) is 0 Å². The van der Waals surface area contributed by atoms with Crippen LogP contribution < -0.4 is 15.0 Å². The molecule has 0 aliphatic carbocycles. The zero-order valence-electron chi connectivity index (χ0n) is 14.3. The lowest BCUT2D eigenvalue weighted by Gasteiger charge is -2.28. The van der Waals surface area contributed by atoms with Crippen LogP contribution in [-0.4, -0.2) is 44.2 Å². The SMILES string of the molecule is COc1ccc([N+](=O)[O-])cc1NC(=O)c1ccc(N2CCOCC2)cc1. The number of morpholine rings is 1. The van der Waals surface area contributed by atoms with Gasteiger partial charge in [0.1, 0.15) is 5.75 Å². The highest BCUT2D eigenvalue weighted by atomic mass is 16.6. The second kappa shape index (κ2) is 7.83. The van der Waals surface area contributed by atoms with E-state index in [1.165, 1.54) is 25.3 Å². The van der Waals surface area contributed by atoms with Crippen molar-refractivity contribution < 1.29 is 19.2 Å². The van der Waals surface area contributed by atoms with E-state index in [9.17, 15) is 14.9 Å². The molecule has 0 radical (unpaired) electrons. The van der Waals surface area contributed by atoms with E-state index in [1.54, 1.807) is 12.1 Å². The Kier molecular flexibility index (Phi) is 5.33. The summed E-state index contributed by atoms with van der Waals surface area (Å²) in [5, 5.41) is 13.6. The number of benzene rings is 2. The van der Waals surface area contributed by atoms with E-state index in [-0.39, 0.29) is 17.3 Å². The van der Waals surface area contributed by atoms with Gasteiger partial charge in [0, 0.05) is 36.5 Å². The van der Waals surface area contributed by atoms with Crippen LogP contribution in [0.5, 0.6) is 5.75 Å². The van der Waals surface area contributed by atoms with E-state index >= 15 is 0 Å². The molecular formula is C18H19N3O5. The summed E-state index contributed by atoms with van der Waals surface area (Å²) >= 11 is 0. The second-order valence-electron chi connectivity index (χ2n) is 5.74. The van der Waals surface area contributed by atoms with Crippen LogP contribution in [0.1, 0.15) is 10.4 Å². The lowest BCUT2D eigenvalue weighted by Crippen LogP contribution is -2.36. The second-order valence-corrected chi connectivity index (χ2v) is 5.74. The largest absolute Gasteiger partial charge is 0.495 e. The van der Waals surface area contributed by atoms with Crippen molar-refractivity contribution in [1.29, 1.82) is 0 Å². The molecule has 0 spiro atoms. The van der Waals surface area contributed by atoms with Crippen LogP contribution in [-0.2, 0) is 4.74 Å². The third-order valence-electron chi connectivity index (χ3n) is 4.15. The van der Waals surface area contributed by atoms with Gasteiger partial charge >= 0.3 is 0 Å². The van der Waals surface area contributed by atoms with Gasteiger partial charge in [0.25, 0.3) is 11.6 Å². The van der Waals surface area contributed by atoms with Gasteiger partial charge in [-0.05, 0) is 30.3 Å². The van der Waals surface area contributed by atoms with E-state index in [1.807, 2.05) is 12.1 Å². The summed E-state index contributed by atoms with van der Waals surface area (Å²) in [5.74, 6) is -0.00814. The number of non-ortho nitro benzene ring substituents is 1. The van der Waals surface area contributed by atoms with Crippen molar-refractivity contribution in [3.8, 4) is 5.75 Å². The molecule has 8 heteroatoms. The first-order chi connectivity index (χ1) is 12.6. The number of methoxy groups -OCH3 is 1. The summed E-state index contributed by atoms with van der Waals surface area (Å²) < 4.78 is 10.5. The number of carbonyl (C=O) groups excluding carboxylic acids is 1. The minimum absolute atomic E-state index is 0.122. The topological polar surface area (TPSA) is 93.9 Å². The van der Waals surface area contributed by atoms with Crippen LogP contribution in [0.25, 0.3) is 0 Å². The van der Waals surface area contributed by atoms with E-state index in [0.717, 1.165) is 18.8 Å². The minimum atomic E-state index is -0.522. The first-order valence-corrected chi connectivity index (χ1v) is 8.15. The fraction of sp³-hybridized carbons (Fsp3) is 0.278. The van der Waals surface area contributed by atoms with Gasteiger partial charge in [0.15, 0.2) is 0 Å². The first kappa shape index (κ1) is 17.7. The standard InChI is InChI=1S/C18H19N3O5/c1-25-17-7-6-15(21(23)24)12-16(17)19-18(22)13-2-4-14(5-3-13)20-8-10-26-11-9-20/h2-7,12H,8-11H2,1H3,(H,19,22). The molecule has 8 nitrogen and oxygen atoms in total. The summed E-state index contributed by atoms with van der Waals surface area (Å²) in [6.07, 6.45) is 0. The Balaban J connectivity index is 1.75. The van der Waals surface area contributed by atoms with Crippen LogP contribution in [0.15, 0.2) is 42.5 Å². The fourth-order valence-electron chi connectivity index (χ4n) is 2.75. The zero-order chi connectivity index (χ0) is 18.5. The molecule has 1 aliphatic rings. The molecule has 0 unspecified atom stereocenters. The first-order valence-electron chi connectivity index (χ1n) is 8.15. The number of nitro benzene ring substituents is 1. The molecule has 26 heavy (non-hydrogen) atoms. The maximum absolute atomic E-state index is 12.5. The molecule has 136 valence electrons. The number of hydrogen-bond donors (Lipinski definition) is 1. The molecule has 1 N–H and O–H groups in total. The van der Waals surface area contributed by atoms with Gasteiger partial charge in [-0.15, -0.1) is 0 Å². The summed E-state index contributed by atoms with van der Waals surface area (Å²) in [5.41, 5.74) is 1.61. The van der Waals surface area contributed by atoms with Crippen LogP contribution >= 0.6 is 0 Å². The van der Waals surface area contributed by atoms with E-state index in [2.05, 4.69) is 10.2 Å². The molecule has 2 aromatic carbocycles. The molecule has 0 atom stereocenters. The molecule has 0 saturated carbocycles. The lowest BCUT2D eigenvalue weighted by atomic mass is 10.1. The summed E-state index contributed by atoms with van der Waals surface area (Å²) in [7, 11) is 1.44. The maximum atomic E-state index is 12.5. The monoisotopic (exact) mass is 357 g/mol. The number of amides is 1. The molecular weight excluding hydrogens is 338 g/mol. The van der Waals surface area contributed by atoms with Crippen LogP contribution in [0, 0.1) is 10.1 Å². The van der Waals surface area contributed by atoms with E-state index in [4.69, 9.17) is 9.47 Å². The van der Waals surface area contributed by atoms with Gasteiger partial charge in [0.05, 0.1) is 30.9 Å². The molecule has 1 fully saturated rings. The van der Waals surface area contributed by atoms with Gasteiger partial charge in [-0.3, -0.25) is 14.9 Å². The molecule has 0 aromatic heterocycles. The third-order valence-corrected chi connectivity index (χ3v) is 4.15. The number of rotatable bonds is 5. The Bertz CT molecular complexity index is 801. The van der Waals surface area contributed by atoms with Crippen LogP contribution in [0.4, 0.5) is 17.1 Å². The van der Waals surface area contributed by atoms with Crippen molar-refractivity contribution >= 4 is 23.0 Å². The van der Waals surface area contributed by atoms with E-state index < -0.39 is 4.92 Å². The highest BCUT2D eigenvalue weighted by Crippen LogP contribution is 2.29. The number of carbonyl (C=O) groups is 1. The Morgan fingerprint density at radius 2 is 1.88 bits per heavy atom. The summed E-state index contributed by atoms with van der Waals surface area (Å²) in [6, 6.07) is 11.3. The summed E-state index contributed by atoms with van der Waals surface area (Å²) in [6.45, 7) is 3.01. The smallest absolute Gasteiger partial charge is 0.271 e. The lowest BCUT2D eigenvalue weighted by molar-refractivity contribution is -0.384. The predicted molar refractivity (Wildman–Crippen MR) is 97.1 cm³/mol. The highest BCUT2D eigenvalue weighted by Gasteiger charge is 2.16. The quantitative estimate of drug-likeness (QED) is 0.653. The molecule has 1 saturated heterocycles. The molecule has 1 aliphatic heterocycles. The van der Waals surface area contributed by atoms with Crippen LogP contribution in [0.2, 0.25) is 0 Å². The Hall–Kier alpha value is -3.13. The van der Waals surface area contributed by atoms with Crippen molar-refractivity contribution in [1.82, 2.24) is 0 Å². The zero-order valence-corrected chi connectivity index (χ0v) is 14.3. The van der Waals surface area contributed by atoms with E-state index in [0.29, 0.717) is 24.5 Å². The predicted octanol–water partition coefficient (Wildman–Crippen LogP) is 2.69. The van der Waals surface area contributed by atoms with Crippen molar-refractivity contribution in [3.05, 3.63) is 58.1 Å². The molecule has 1 amide bonds. The van der Waals surface area contributed by atoms with Crippen LogP contribution in [0.3, 0.4) is 0 Å². The van der Waals surface area contributed by atoms with Crippen molar-refractivity contribution in [2.75, 3.05) is 43.6 Å². The highest BCUT2D eigenvalue weighted by molar-refractivity contribution is 6.05. The normalized spacial score (nSPS) is 14.0. The van der Waals surface area contributed by atoms with Gasteiger partial charge < -0.3 is 19.7 Å². The Morgan fingerprint density at radius 1 is 1.19 bits per heavy atom. The molecule has 1 heterocycles. The molecule has 3 rings (SSSR count). The number of hydrogen-bond acceptors (Lipinski definition) is 6. The number of nitrogens with one attached hydrogen (secondary N) is 1. The van der Waals surface area contributed by atoms with Gasteiger partial charge in [-0.2, -0.15) is 0 Å². The van der Waals surface area contributed by atoms with Gasteiger partial charge in [0.2, 0.25) is 0 Å². The number of ether oxygens (including phenoxy) is 2. The number of nitrogens with zero attached hydrogens (tertiary/aromatic N) is 2. The average molecular weight is 357 g/mol. The van der Waals surface area contributed by atoms with Gasteiger partial charge in [-0.1, -0.05) is 0 Å². The fourth-order valence-corrected chi connectivity index (χ4v) is 2.75. The van der Waals surface area contributed by atoms with Crippen molar-refractivity contribution in [2.45, 2.75) is 0 Å². The molecule has 0 bridgehead atoms. The summed E-state index contributed by atoms with van der Waals surface area (Å²) in [4.78, 5) is 25.1. The molecule has 2 aromatic rings. The minimum Gasteiger partial charge on any atom is -0.495 e.